The normalized spacial score (nSPS) is 17.9. The Labute approximate surface area is 108 Å². The molecule has 2 rings (SSSR count). The Hall–Kier alpha value is -1.29. The highest BCUT2D eigenvalue weighted by molar-refractivity contribution is 5.95. The Morgan fingerprint density at radius 2 is 2.11 bits per heavy atom. The molecular weight excluding hydrogens is 228 g/mol. The van der Waals surface area contributed by atoms with Gasteiger partial charge in [0.15, 0.2) is 0 Å². The molecule has 1 aromatic heterocycles. The first kappa shape index (κ1) is 13.1. The van der Waals surface area contributed by atoms with Gasteiger partial charge in [0.2, 0.25) is 0 Å². The molecule has 0 aromatic carbocycles. The van der Waals surface area contributed by atoms with E-state index in [9.17, 15) is 4.79 Å². The Morgan fingerprint density at radius 1 is 1.44 bits per heavy atom. The molecule has 18 heavy (non-hydrogen) atoms. The van der Waals surface area contributed by atoms with E-state index in [0.717, 1.165) is 38.2 Å². The van der Waals surface area contributed by atoms with Crippen LogP contribution in [0.1, 0.15) is 41.6 Å². The van der Waals surface area contributed by atoms with Crippen LogP contribution >= 0.6 is 0 Å². The minimum Gasteiger partial charge on any atom is -0.466 e. The molecule has 0 radical (unpaired) electrons. The van der Waals surface area contributed by atoms with Gasteiger partial charge in [-0.15, -0.1) is 0 Å². The third-order valence-corrected chi connectivity index (χ3v) is 3.66. The first-order valence-corrected chi connectivity index (χ1v) is 6.70. The molecule has 0 bridgehead atoms. The summed E-state index contributed by atoms with van der Waals surface area (Å²) in [7, 11) is 0. The second-order valence-corrected chi connectivity index (χ2v) is 5.01. The van der Waals surface area contributed by atoms with Gasteiger partial charge in [0.25, 0.3) is 5.91 Å². The van der Waals surface area contributed by atoms with Crippen LogP contribution in [-0.4, -0.2) is 36.5 Å². The average Bonchev–Trinajstić information content (AvgIpc) is 2.69. The number of hydrogen-bond acceptors (Lipinski definition) is 3. The number of rotatable bonds is 3. The summed E-state index contributed by atoms with van der Waals surface area (Å²) in [5, 5.41) is 3.11. The Bertz CT molecular complexity index is 417. The molecule has 0 aliphatic carbocycles. The molecule has 4 heteroatoms. The number of carbonyl (C=O) groups excluding carboxylic acids is 1. The standard InChI is InChI=1S/C14H22N2O2/c1-4-16-7-5-12(6-8-16)15-14(17)13-9-10(2)18-11(13)3/h9,12H,4-8H2,1-3H3,(H,15,17). The van der Waals surface area contributed by atoms with E-state index in [4.69, 9.17) is 4.42 Å². The lowest BCUT2D eigenvalue weighted by Crippen LogP contribution is -2.44. The van der Waals surface area contributed by atoms with Crippen LogP contribution in [0.4, 0.5) is 0 Å². The molecule has 2 heterocycles. The Morgan fingerprint density at radius 3 is 2.61 bits per heavy atom. The molecule has 1 aromatic rings. The van der Waals surface area contributed by atoms with Crippen molar-refractivity contribution in [2.24, 2.45) is 0 Å². The maximum absolute atomic E-state index is 12.1. The molecule has 100 valence electrons. The zero-order valence-corrected chi connectivity index (χ0v) is 11.5. The summed E-state index contributed by atoms with van der Waals surface area (Å²) in [6.07, 6.45) is 2.07. The van der Waals surface area contributed by atoms with Gasteiger partial charge < -0.3 is 14.6 Å². The predicted molar refractivity (Wildman–Crippen MR) is 70.8 cm³/mol. The van der Waals surface area contributed by atoms with E-state index >= 15 is 0 Å². The largest absolute Gasteiger partial charge is 0.466 e. The van der Waals surface area contributed by atoms with E-state index in [1.165, 1.54) is 0 Å². The molecule has 0 spiro atoms. The number of piperidine rings is 1. The second kappa shape index (κ2) is 5.57. The maximum Gasteiger partial charge on any atom is 0.255 e. The molecule has 1 aliphatic heterocycles. The van der Waals surface area contributed by atoms with Crippen LogP contribution in [0.3, 0.4) is 0 Å². The van der Waals surface area contributed by atoms with Gasteiger partial charge in [0.05, 0.1) is 5.56 Å². The SMILES string of the molecule is CCN1CCC(NC(=O)c2cc(C)oc2C)CC1. The number of nitrogens with one attached hydrogen (secondary N) is 1. The topological polar surface area (TPSA) is 45.5 Å². The second-order valence-electron chi connectivity index (χ2n) is 5.01. The highest BCUT2D eigenvalue weighted by Gasteiger charge is 2.21. The summed E-state index contributed by atoms with van der Waals surface area (Å²) in [5.41, 5.74) is 0.672. The van der Waals surface area contributed by atoms with E-state index in [1.807, 2.05) is 19.9 Å². The van der Waals surface area contributed by atoms with Crippen LogP contribution in [0.25, 0.3) is 0 Å². The van der Waals surface area contributed by atoms with Crippen molar-refractivity contribution in [3.05, 3.63) is 23.2 Å². The van der Waals surface area contributed by atoms with Crippen molar-refractivity contribution in [3.8, 4) is 0 Å². The van der Waals surface area contributed by atoms with E-state index in [2.05, 4.69) is 17.1 Å². The van der Waals surface area contributed by atoms with Gasteiger partial charge in [-0.1, -0.05) is 6.92 Å². The Kier molecular flexibility index (Phi) is 4.07. The summed E-state index contributed by atoms with van der Waals surface area (Å²) < 4.78 is 5.39. The van der Waals surface area contributed by atoms with Crippen LogP contribution in [0.2, 0.25) is 0 Å². The fraction of sp³-hybridized carbons (Fsp3) is 0.643. The number of likely N-dealkylation sites (tertiary alicyclic amines) is 1. The molecule has 1 aliphatic rings. The van der Waals surface area contributed by atoms with Crippen LogP contribution in [0.5, 0.6) is 0 Å². The van der Waals surface area contributed by atoms with Crippen LogP contribution < -0.4 is 5.32 Å². The molecule has 1 N–H and O–H groups in total. The number of aryl methyl sites for hydroxylation is 2. The highest BCUT2D eigenvalue weighted by atomic mass is 16.3. The summed E-state index contributed by atoms with van der Waals surface area (Å²) in [6.45, 7) is 9.12. The third-order valence-electron chi connectivity index (χ3n) is 3.66. The maximum atomic E-state index is 12.1. The van der Waals surface area contributed by atoms with E-state index in [0.29, 0.717) is 17.4 Å². The van der Waals surface area contributed by atoms with Crippen molar-refractivity contribution < 1.29 is 9.21 Å². The fourth-order valence-corrected chi connectivity index (χ4v) is 2.51. The van der Waals surface area contributed by atoms with Crippen LogP contribution in [0, 0.1) is 13.8 Å². The summed E-state index contributed by atoms with van der Waals surface area (Å²) in [6, 6.07) is 2.11. The van der Waals surface area contributed by atoms with Gasteiger partial charge in [-0.2, -0.15) is 0 Å². The van der Waals surface area contributed by atoms with Crippen molar-refractivity contribution in [2.45, 2.75) is 39.7 Å². The molecular formula is C14H22N2O2. The quantitative estimate of drug-likeness (QED) is 0.893. The molecule has 1 amide bonds. The van der Waals surface area contributed by atoms with Crippen LogP contribution in [0.15, 0.2) is 10.5 Å². The first-order valence-electron chi connectivity index (χ1n) is 6.70. The number of hydrogen-bond donors (Lipinski definition) is 1. The van der Waals surface area contributed by atoms with Crippen LogP contribution in [-0.2, 0) is 0 Å². The number of furan rings is 1. The lowest BCUT2D eigenvalue weighted by Gasteiger charge is -2.31. The van der Waals surface area contributed by atoms with Crippen molar-refractivity contribution in [1.29, 1.82) is 0 Å². The van der Waals surface area contributed by atoms with Crippen molar-refractivity contribution in [1.82, 2.24) is 10.2 Å². The van der Waals surface area contributed by atoms with Crippen molar-refractivity contribution in [3.63, 3.8) is 0 Å². The minimum absolute atomic E-state index is 0.000650. The smallest absolute Gasteiger partial charge is 0.255 e. The van der Waals surface area contributed by atoms with Gasteiger partial charge >= 0.3 is 0 Å². The fourth-order valence-electron chi connectivity index (χ4n) is 2.51. The van der Waals surface area contributed by atoms with Gasteiger partial charge in [-0.05, 0) is 39.3 Å². The average molecular weight is 250 g/mol. The van der Waals surface area contributed by atoms with Gasteiger partial charge in [0.1, 0.15) is 11.5 Å². The molecule has 0 atom stereocenters. The molecule has 0 saturated carbocycles. The number of amides is 1. The van der Waals surface area contributed by atoms with E-state index in [-0.39, 0.29) is 5.91 Å². The van der Waals surface area contributed by atoms with Gasteiger partial charge in [-0.3, -0.25) is 4.79 Å². The minimum atomic E-state index is -0.000650. The third kappa shape index (κ3) is 2.93. The predicted octanol–water partition coefficient (Wildman–Crippen LogP) is 2.11. The molecule has 1 saturated heterocycles. The molecule has 4 nitrogen and oxygen atoms in total. The first-order chi connectivity index (χ1) is 8.60. The monoisotopic (exact) mass is 250 g/mol. The Balaban J connectivity index is 1.90. The van der Waals surface area contributed by atoms with E-state index < -0.39 is 0 Å². The van der Waals surface area contributed by atoms with Gasteiger partial charge in [0, 0.05) is 19.1 Å². The highest BCUT2D eigenvalue weighted by Crippen LogP contribution is 2.15. The van der Waals surface area contributed by atoms with Crippen molar-refractivity contribution in [2.75, 3.05) is 19.6 Å². The zero-order valence-electron chi connectivity index (χ0n) is 11.5. The summed E-state index contributed by atoms with van der Waals surface area (Å²) in [4.78, 5) is 14.5. The van der Waals surface area contributed by atoms with Crippen molar-refractivity contribution >= 4 is 5.91 Å². The number of nitrogens with zero attached hydrogens (tertiary/aromatic N) is 1. The molecule has 1 fully saturated rings. The molecule has 0 unspecified atom stereocenters. The lowest BCUT2D eigenvalue weighted by atomic mass is 10.0. The zero-order chi connectivity index (χ0) is 13.1. The summed E-state index contributed by atoms with van der Waals surface area (Å²) in [5.74, 6) is 1.49. The van der Waals surface area contributed by atoms with Gasteiger partial charge in [-0.25, -0.2) is 0 Å². The summed E-state index contributed by atoms with van der Waals surface area (Å²) >= 11 is 0. The lowest BCUT2D eigenvalue weighted by molar-refractivity contribution is 0.0911. The number of carbonyl (C=O) groups is 1. The van der Waals surface area contributed by atoms with E-state index in [1.54, 1.807) is 0 Å².